The Bertz CT molecular complexity index is 1180. The second-order valence-electron chi connectivity index (χ2n) is 16.7. The van der Waals surface area contributed by atoms with E-state index < -0.39 is 60.5 Å². The molecular weight excluding hydrogens is 576 g/mol. The Morgan fingerprint density at radius 3 is 2.31 bits per heavy atom. The summed E-state index contributed by atoms with van der Waals surface area (Å²) in [7, 11) is 1.78. The number of methoxy groups -OCH3 is 1. The highest BCUT2D eigenvalue weighted by molar-refractivity contribution is 5.34. The van der Waals surface area contributed by atoms with Crippen molar-refractivity contribution in [3.05, 3.63) is 23.8 Å². The molecule has 0 aromatic carbocycles. The number of fused-ring (bicyclic) bond motifs is 2. The quantitative estimate of drug-likeness (QED) is 0.266. The smallest absolute Gasteiger partial charge is 0.187 e. The van der Waals surface area contributed by atoms with E-state index in [4.69, 9.17) is 18.9 Å². The van der Waals surface area contributed by atoms with E-state index in [1.807, 2.05) is 13.8 Å². The van der Waals surface area contributed by atoms with Gasteiger partial charge in [0.25, 0.3) is 0 Å². The van der Waals surface area contributed by atoms with E-state index in [1.165, 1.54) is 0 Å². The summed E-state index contributed by atoms with van der Waals surface area (Å²) in [5.74, 6) is 0.889. The number of hydrogen-bond acceptors (Lipinski definition) is 9. The first kappa shape index (κ1) is 34.0. The standard InChI is InChI=1S/C36H58O9/c1-19(2)17-22(43-30-29(41)28(40)27(39)23(18-37)44-30)20(3)21-11-13-34(7)24-12-14-36-25(9-10-26(38)32(36,4)5)35(24,31(42-8)45-36)16-15-33(21,34)6/h12,14,17,20-31,37-41H,9-11,13,15-16,18H2,1-8H3/t20-,21+,22-,23+,24-,25-,26-,27+,28-,29+,30+,31+,33+,34-,35-,36+/m0/s1. The van der Waals surface area contributed by atoms with Gasteiger partial charge in [-0.05, 0) is 81.0 Å². The third kappa shape index (κ3) is 4.44. The van der Waals surface area contributed by atoms with Crippen LogP contribution in [0.5, 0.6) is 0 Å². The number of allylic oxidation sites excluding steroid dienone is 2. The second kappa shape index (κ2) is 11.3. The van der Waals surface area contributed by atoms with Crippen LogP contribution in [-0.4, -0.2) is 94.1 Å². The number of rotatable bonds is 7. The molecule has 0 radical (unpaired) electrons. The molecule has 0 aromatic rings. The highest BCUT2D eigenvalue weighted by Gasteiger charge is 2.78. The molecule has 0 unspecified atom stereocenters. The van der Waals surface area contributed by atoms with Crippen LogP contribution < -0.4 is 0 Å². The lowest BCUT2D eigenvalue weighted by Gasteiger charge is -2.65. The molecule has 0 amide bonds. The summed E-state index contributed by atoms with van der Waals surface area (Å²) in [6.45, 7) is 15.0. The lowest BCUT2D eigenvalue weighted by atomic mass is 9.38. The molecular formula is C36H58O9. The second-order valence-corrected chi connectivity index (χ2v) is 16.7. The average molecular weight is 635 g/mol. The van der Waals surface area contributed by atoms with Crippen LogP contribution in [0.25, 0.3) is 0 Å². The summed E-state index contributed by atoms with van der Waals surface area (Å²) in [4.78, 5) is 0. The van der Waals surface area contributed by atoms with Crippen molar-refractivity contribution in [1.82, 2.24) is 0 Å². The number of ether oxygens (including phenoxy) is 4. The van der Waals surface area contributed by atoms with Crippen molar-refractivity contribution in [1.29, 1.82) is 0 Å². The van der Waals surface area contributed by atoms with Gasteiger partial charge in [0.05, 0.1) is 18.8 Å². The van der Waals surface area contributed by atoms with Crippen LogP contribution >= 0.6 is 0 Å². The lowest BCUT2D eigenvalue weighted by molar-refractivity contribution is -0.312. The van der Waals surface area contributed by atoms with Crippen LogP contribution in [0.2, 0.25) is 0 Å². The molecule has 1 spiro atoms. The first-order valence-electron chi connectivity index (χ1n) is 17.2. The SMILES string of the molecule is CO[C@@H]1O[C@]23C=C[C@@H]4[C@@]1(CC[C@]1(C)[C@@H]([C@H](C)[C@H](C=C(C)C)O[C@@H]5O[C@H](CO)[C@@H](O)[C@H](O)[C@H]5O)CC[C@@]41C)[C@@H]2CC[C@H](O)C3(C)C. The Morgan fingerprint density at radius 2 is 1.67 bits per heavy atom. The van der Waals surface area contributed by atoms with Crippen LogP contribution in [0.3, 0.4) is 0 Å². The summed E-state index contributed by atoms with van der Waals surface area (Å²) in [6.07, 6.45) is 4.87. The molecule has 2 saturated heterocycles. The highest BCUT2D eigenvalue weighted by Crippen LogP contribution is 2.79. The van der Waals surface area contributed by atoms with Crippen LogP contribution in [0.1, 0.15) is 87.0 Å². The molecule has 45 heavy (non-hydrogen) atoms. The van der Waals surface area contributed by atoms with E-state index in [-0.39, 0.29) is 40.3 Å². The maximum absolute atomic E-state index is 11.2. The fourth-order valence-electron chi connectivity index (χ4n) is 11.6. The van der Waals surface area contributed by atoms with Crippen molar-refractivity contribution in [2.45, 2.75) is 142 Å². The molecule has 3 saturated carbocycles. The van der Waals surface area contributed by atoms with Crippen molar-refractivity contribution in [3.8, 4) is 0 Å². The van der Waals surface area contributed by atoms with Gasteiger partial charge in [-0.25, -0.2) is 0 Å². The fraction of sp³-hybridized carbons (Fsp3) is 0.889. The number of aliphatic hydroxyl groups is 5. The molecule has 9 heteroatoms. The van der Waals surface area contributed by atoms with Gasteiger partial charge in [-0.2, -0.15) is 0 Å². The zero-order valence-electron chi connectivity index (χ0n) is 28.5. The minimum Gasteiger partial charge on any atom is -0.394 e. The van der Waals surface area contributed by atoms with Gasteiger partial charge < -0.3 is 44.5 Å². The Hall–Kier alpha value is -0.880. The van der Waals surface area contributed by atoms with Crippen LogP contribution in [0.15, 0.2) is 23.8 Å². The summed E-state index contributed by atoms with van der Waals surface area (Å²) in [6, 6.07) is 0. The highest BCUT2D eigenvalue weighted by atomic mass is 16.7. The predicted octanol–water partition coefficient (Wildman–Crippen LogP) is 3.70. The van der Waals surface area contributed by atoms with E-state index in [0.717, 1.165) is 44.1 Å². The van der Waals surface area contributed by atoms with Crippen LogP contribution in [0, 0.1) is 45.3 Å². The Kier molecular flexibility index (Phi) is 8.57. The van der Waals surface area contributed by atoms with Crippen molar-refractivity contribution in [3.63, 3.8) is 0 Å². The summed E-state index contributed by atoms with van der Waals surface area (Å²) in [5.41, 5.74) is -0.125. The predicted molar refractivity (Wildman–Crippen MR) is 168 cm³/mol. The molecule has 16 atom stereocenters. The summed E-state index contributed by atoms with van der Waals surface area (Å²) < 4.78 is 25.5. The molecule has 5 N–H and O–H groups in total. The molecule has 2 bridgehead atoms. The summed E-state index contributed by atoms with van der Waals surface area (Å²) >= 11 is 0. The molecule has 5 fully saturated rings. The maximum atomic E-state index is 11.2. The maximum Gasteiger partial charge on any atom is 0.187 e. The van der Waals surface area contributed by atoms with E-state index >= 15 is 0 Å². The van der Waals surface area contributed by atoms with Gasteiger partial charge in [0, 0.05) is 23.9 Å². The van der Waals surface area contributed by atoms with Gasteiger partial charge in [-0.15, -0.1) is 0 Å². The largest absolute Gasteiger partial charge is 0.394 e. The van der Waals surface area contributed by atoms with Crippen LogP contribution in [-0.2, 0) is 18.9 Å². The normalized spacial score (nSPS) is 52.8. The topological polar surface area (TPSA) is 138 Å². The molecule has 256 valence electrons. The molecule has 6 rings (SSSR count). The van der Waals surface area contributed by atoms with Gasteiger partial charge in [0.15, 0.2) is 12.6 Å². The molecule has 2 heterocycles. The molecule has 0 aromatic heterocycles. The lowest BCUT2D eigenvalue weighted by Crippen LogP contribution is -2.65. The van der Waals surface area contributed by atoms with Gasteiger partial charge >= 0.3 is 0 Å². The first-order chi connectivity index (χ1) is 21.1. The molecule has 2 aliphatic heterocycles. The Labute approximate surface area is 269 Å². The fourth-order valence-corrected chi connectivity index (χ4v) is 11.6. The minimum absolute atomic E-state index is 0.0241. The van der Waals surface area contributed by atoms with Gasteiger partial charge in [-0.3, -0.25) is 0 Å². The molecule has 4 aliphatic carbocycles. The van der Waals surface area contributed by atoms with Crippen molar-refractivity contribution >= 4 is 0 Å². The monoisotopic (exact) mass is 634 g/mol. The minimum atomic E-state index is -1.48. The van der Waals surface area contributed by atoms with Crippen molar-refractivity contribution < 1.29 is 44.5 Å². The van der Waals surface area contributed by atoms with Gasteiger partial charge in [-0.1, -0.05) is 58.4 Å². The first-order valence-corrected chi connectivity index (χ1v) is 17.2. The molecule has 9 nitrogen and oxygen atoms in total. The van der Waals surface area contributed by atoms with Crippen LogP contribution in [0.4, 0.5) is 0 Å². The third-order valence-electron chi connectivity index (χ3n) is 14.5. The van der Waals surface area contributed by atoms with E-state index in [1.54, 1.807) is 7.11 Å². The third-order valence-corrected chi connectivity index (χ3v) is 14.5. The number of aliphatic hydroxyl groups excluding tert-OH is 5. The zero-order valence-corrected chi connectivity index (χ0v) is 28.5. The summed E-state index contributed by atoms with van der Waals surface area (Å²) in [5, 5.41) is 52.5. The number of hydrogen-bond donors (Lipinski definition) is 5. The van der Waals surface area contributed by atoms with Gasteiger partial charge in [0.2, 0.25) is 0 Å². The van der Waals surface area contributed by atoms with Crippen molar-refractivity contribution in [2.24, 2.45) is 45.3 Å². The van der Waals surface area contributed by atoms with E-state index in [9.17, 15) is 25.5 Å². The Balaban J connectivity index is 1.33. The molecule has 6 aliphatic rings. The van der Waals surface area contributed by atoms with E-state index in [2.05, 4.69) is 52.8 Å². The zero-order chi connectivity index (χ0) is 32.9. The van der Waals surface area contributed by atoms with Crippen molar-refractivity contribution in [2.75, 3.05) is 13.7 Å². The Morgan fingerprint density at radius 1 is 0.956 bits per heavy atom. The van der Waals surface area contributed by atoms with Gasteiger partial charge in [0.1, 0.15) is 30.0 Å². The van der Waals surface area contributed by atoms with E-state index in [0.29, 0.717) is 5.92 Å². The average Bonchev–Trinajstić information content (AvgIpc) is 3.37.